The number of hydrogen-bond acceptors (Lipinski definition) is 24. The van der Waals surface area contributed by atoms with Crippen molar-refractivity contribution in [2.75, 3.05) is 65.4 Å². The number of rotatable bonds is 31. The van der Waals surface area contributed by atoms with Crippen molar-refractivity contribution in [2.24, 2.45) is 28.1 Å². The minimum absolute atomic E-state index is 0.000498. The van der Waals surface area contributed by atoms with Crippen molar-refractivity contribution in [3.63, 3.8) is 0 Å². The number of unbranched alkanes of at least 4 members (excludes halogenated alkanes) is 4. The number of phenolic OH excluding ortho intramolecular Hbond substituents is 1. The van der Waals surface area contributed by atoms with E-state index in [9.17, 15) is 68.4 Å². The number of likely N-dealkylation sites (N-methyl/N-ethyl adjacent to an activating group) is 3. The number of carbonyl (C=O) groups excluding carboxylic acids is 16. The maximum Gasteiger partial charge on any atom is 0.323 e. The normalized spacial score (nSPS) is 24.7. The van der Waals surface area contributed by atoms with E-state index in [1.807, 2.05) is 13.8 Å². The van der Waals surface area contributed by atoms with E-state index in [1.54, 1.807) is 74.8 Å². The summed E-state index contributed by atoms with van der Waals surface area (Å²) in [6.07, 6.45) is 4.88. The fourth-order valence-corrected chi connectivity index (χ4v) is 18.8. The molecule has 768 valence electrons. The molecule has 9 rings (SSSR count). The van der Waals surface area contributed by atoms with Gasteiger partial charge >= 0.3 is 11.9 Å². The summed E-state index contributed by atoms with van der Waals surface area (Å²) in [7, 11) is 3.92. The monoisotopic (exact) mass is 1980 g/mol. The molecule has 2 aromatic heterocycles. The number of aliphatic carboxylic acids is 2. The van der Waals surface area contributed by atoms with Gasteiger partial charge in [-0.05, 0) is 150 Å². The molecule has 141 heavy (non-hydrogen) atoms. The molecule has 43 nitrogen and oxygen atoms in total. The standard InChI is InChI=1S/C97H137N21O22S/c1-9-11-27-76-90(133)107-68(40-55(3)4)87(130)112-74(85(128)103-49-80(100)121)53-141-54-81(122)104-71(41-57-31-33-61(119)34-32-57)93(136)113(6)56(5)84(127)110-73(46-82(123)124)96(139)117-39-21-30-77(117)91(134)108-69(42-58-35-38-101-47-58)88(131)106-67(26-18-20-37-99)95(138)118-51-62(120)45-79(118)92(135)109-70(43-59-48-102-65-24-15-13-22-63(59)65)89(132)105-66(25-17-19-36-98)86(129)111-72(94(137)115(8)78(28-12-10-2)97(140)114(76)7)44-60-50-116(52-83(125)126)75-29-16-14-23-64(60)75/h13-16,22-24,29,31-34,38,47-48,50,55-56,62,66-74,76-79,102,119-120H,9-12,17-21,25-28,30,35-37,39-46,49,51-54,98-99H2,1-8H3,(H2,100,121)(H,103,128)(H,104,122)(H,105,132)(H,106,131)(H,107,133)(H,108,134)(H,109,135)(H,110,127)(H,111,129)(H,112,130)(H,123,124)(H,125,126)/t56-,62+,66-,67-,68-,69-,70-,71-,72-,73-,74-,76-,77-,78-,79-/m0/s1. The minimum Gasteiger partial charge on any atom is -0.508 e. The first-order valence-electron chi connectivity index (χ1n) is 48.1. The number of carboxylic acids is 2. The Morgan fingerprint density at radius 2 is 1.11 bits per heavy atom. The molecule has 3 saturated heterocycles. The van der Waals surface area contributed by atoms with Crippen LogP contribution in [0.15, 0.2) is 102 Å². The number of benzene rings is 3. The van der Waals surface area contributed by atoms with Gasteiger partial charge in [0, 0.05) is 119 Å². The van der Waals surface area contributed by atoms with Crippen molar-refractivity contribution < 1.29 is 107 Å². The summed E-state index contributed by atoms with van der Waals surface area (Å²) in [5.41, 5.74) is 20.4. The van der Waals surface area contributed by atoms with Gasteiger partial charge in [0.25, 0.3) is 0 Å². The first-order chi connectivity index (χ1) is 67.2. The van der Waals surface area contributed by atoms with Crippen LogP contribution in [0.1, 0.15) is 173 Å². The summed E-state index contributed by atoms with van der Waals surface area (Å²) in [4.78, 5) is 278. The predicted octanol–water partition coefficient (Wildman–Crippen LogP) is 0.0136. The average Bonchev–Trinajstić information content (AvgIpc) is 1.72. The maximum atomic E-state index is 16.1. The molecular formula is C97H137N21O22S. The van der Waals surface area contributed by atoms with Crippen LogP contribution in [0.2, 0.25) is 0 Å². The van der Waals surface area contributed by atoms with Crippen LogP contribution >= 0.6 is 11.8 Å². The SMILES string of the molecule is CCCC[C@H]1C(=O)N(C)[C@@H](CCCC)C(=O)N[C@@H](CC(C)C)C(=O)N[C@H](C(=O)NCC(N)=O)CSCC(=O)N[C@@H](Cc2ccc(O)cc2)C(=O)N(C)[C@@H](C)C(=O)N[C@@H](CC(=O)O)C(=O)N2CCC[C@H]2C(=O)N[C@@H](CC2=CN=CC2)C(=O)N[C@@H](CCCCN)C(=O)N2C[C@H](O)C[C@H]2C(=O)N[C@@H](Cc2c[nH]c3ccccc23)C(=O)N[C@@H](CCCCN)C(=O)N[C@@H](Cc2cn(CC(=O)O)c3ccccc23)C(=O)N1C. The molecule has 15 atom stereocenters. The first-order valence-corrected chi connectivity index (χ1v) is 49.3. The number of nitrogens with zero attached hydrogens (tertiary/aromatic N) is 7. The molecule has 0 aliphatic carbocycles. The summed E-state index contributed by atoms with van der Waals surface area (Å²) in [6.45, 7) is 6.86. The Bertz CT molecular complexity index is 5360. The van der Waals surface area contributed by atoms with E-state index < -0.39 is 241 Å². The van der Waals surface area contributed by atoms with Crippen LogP contribution in [0, 0.1) is 5.92 Å². The number of aliphatic imine (C=N–C) groups is 1. The number of phenols is 1. The molecule has 0 unspecified atom stereocenters. The zero-order chi connectivity index (χ0) is 103. The van der Waals surface area contributed by atoms with Crippen molar-refractivity contribution in [1.82, 2.24) is 87.2 Å². The van der Waals surface area contributed by atoms with Crippen LogP contribution in [0.5, 0.6) is 5.75 Å². The van der Waals surface area contributed by atoms with E-state index in [4.69, 9.17) is 17.2 Å². The third kappa shape index (κ3) is 31.6. The molecular weight excluding hydrogens is 1840 g/mol. The lowest BCUT2D eigenvalue weighted by atomic mass is 9.99. The molecule has 4 aliphatic rings. The van der Waals surface area contributed by atoms with Gasteiger partial charge in [-0.2, -0.15) is 0 Å². The molecule has 5 aromatic rings. The van der Waals surface area contributed by atoms with Crippen LogP contribution in [0.3, 0.4) is 0 Å². The molecule has 3 fully saturated rings. The molecule has 0 spiro atoms. The van der Waals surface area contributed by atoms with E-state index in [0.29, 0.717) is 82.6 Å². The van der Waals surface area contributed by atoms with E-state index in [-0.39, 0.29) is 121 Å². The summed E-state index contributed by atoms with van der Waals surface area (Å²) in [5, 5.41) is 70.5. The first kappa shape index (κ1) is 111. The number of thioether (sulfide) groups is 1. The third-order valence-electron chi connectivity index (χ3n) is 25.7. The second kappa shape index (κ2) is 53.9. The Balaban J connectivity index is 1.13. The number of aromatic nitrogens is 2. The highest BCUT2D eigenvalue weighted by Gasteiger charge is 2.47. The summed E-state index contributed by atoms with van der Waals surface area (Å²) >= 11 is 0.779. The molecule has 0 radical (unpaired) electrons. The average molecular weight is 1980 g/mol. The van der Waals surface area contributed by atoms with Crippen LogP contribution in [-0.4, -0.2) is 323 Å². The number of aromatic hydroxyl groups is 1. The summed E-state index contributed by atoms with van der Waals surface area (Å²) in [5.74, 6) is -18.9. The number of carboxylic acid groups (broad SMARTS) is 2. The fourth-order valence-electron chi connectivity index (χ4n) is 17.9. The number of aliphatic hydroxyl groups excluding tert-OH is 1. The number of para-hydroxylation sites is 2. The van der Waals surface area contributed by atoms with Gasteiger partial charge in [-0.15, -0.1) is 11.8 Å². The van der Waals surface area contributed by atoms with Crippen LogP contribution in [0.4, 0.5) is 0 Å². The number of primary amides is 1. The molecule has 44 heteroatoms. The predicted molar refractivity (Wildman–Crippen MR) is 523 cm³/mol. The third-order valence-corrected chi connectivity index (χ3v) is 26.8. The van der Waals surface area contributed by atoms with Gasteiger partial charge in [0.15, 0.2) is 0 Å². The van der Waals surface area contributed by atoms with Crippen molar-refractivity contribution in [2.45, 2.75) is 273 Å². The largest absolute Gasteiger partial charge is 0.508 e. The Kier molecular flexibility index (Phi) is 42.5. The highest BCUT2D eigenvalue weighted by molar-refractivity contribution is 8.00. The minimum atomic E-state index is -1.90. The molecule has 21 N–H and O–H groups in total. The molecule has 3 aromatic carbocycles. The van der Waals surface area contributed by atoms with Crippen molar-refractivity contribution in [3.8, 4) is 5.75 Å². The van der Waals surface area contributed by atoms with Crippen LogP contribution < -0.4 is 70.4 Å². The Morgan fingerprint density at radius 3 is 1.75 bits per heavy atom. The molecule has 6 heterocycles. The van der Waals surface area contributed by atoms with E-state index in [0.717, 1.165) is 31.4 Å². The van der Waals surface area contributed by atoms with Crippen LogP contribution in [-0.2, 0) is 112 Å². The lowest BCUT2D eigenvalue weighted by molar-refractivity contribution is -0.149. The lowest BCUT2D eigenvalue weighted by Crippen LogP contribution is -2.61. The maximum absolute atomic E-state index is 16.1. The number of nitrogens with one attached hydrogen (secondary N) is 11. The van der Waals surface area contributed by atoms with Gasteiger partial charge in [0.2, 0.25) is 94.5 Å². The highest BCUT2D eigenvalue weighted by Crippen LogP contribution is 2.30. The van der Waals surface area contributed by atoms with Crippen molar-refractivity contribution in [1.29, 1.82) is 0 Å². The van der Waals surface area contributed by atoms with Gasteiger partial charge in [-0.1, -0.05) is 102 Å². The van der Waals surface area contributed by atoms with Crippen molar-refractivity contribution in [3.05, 3.63) is 114 Å². The zero-order valence-corrected chi connectivity index (χ0v) is 81.9. The topological polar surface area (TPSA) is 636 Å². The Morgan fingerprint density at radius 1 is 0.553 bits per heavy atom. The van der Waals surface area contributed by atoms with Gasteiger partial charge < -0.3 is 125 Å². The van der Waals surface area contributed by atoms with Gasteiger partial charge in [-0.3, -0.25) is 91.3 Å². The number of amides is 16. The smallest absolute Gasteiger partial charge is 0.323 e. The van der Waals surface area contributed by atoms with E-state index in [2.05, 4.69) is 63.1 Å². The zero-order valence-electron chi connectivity index (χ0n) is 81.1. The van der Waals surface area contributed by atoms with E-state index in [1.165, 1.54) is 74.2 Å². The second-order valence-corrected chi connectivity index (χ2v) is 37.9. The number of hydrogen-bond donors (Lipinski definition) is 18. The molecule has 4 aliphatic heterocycles. The number of carbonyl (C=O) groups is 18. The number of nitrogens with two attached hydrogens (primary N) is 3. The van der Waals surface area contributed by atoms with Gasteiger partial charge in [-0.25, -0.2) is 0 Å². The van der Waals surface area contributed by atoms with Gasteiger partial charge in [0.1, 0.15) is 96.9 Å². The highest BCUT2D eigenvalue weighted by atomic mass is 32.2. The summed E-state index contributed by atoms with van der Waals surface area (Å²) < 4.78 is 1.45. The van der Waals surface area contributed by atoms with Gasteiger partial charge in [0.05, 0.1) is 24.8 Å². The molecule has 0 saturated carbocycles. The number of fused-ring (bicyclic) bond motifs is 4. The summed E-state index contributed by atoms with van der Waals surface area (Å²) in [6, 6.07) is -2.25. The lowest BCUT2D eigenvalue weighted by Gasteiger charge is -2.36. The van der Waals surface area contributed by atoms with Crippen molar-refractivity contribution >= 4 is 146 Å². The molecule has 16 amide bonds. The van der Waals surface area contributed by atoms with E-state index >= 15 is 38.4 Å². The molecule has 0 bridgehead atoms. The Hall–Kier alpha value is -13.4. The number of aliphatic hydroxyl groups is 1. The Labute approximate surface area is 822 Å². The quantitative estimate of drug-likeness (QED) is 0.0260. The number of aromatic amines is 1. The number of H-pyrrole nitrogens is 1. The van der Waals surface area contributed by atoms with Crippen LogP contribution in [0.25, 0.3) is 21.8 Å². The fraction of sp³-hybridized carbons (Fsp3) is 0.557. The second-order valence-electron chi connectivity index (χ2n) is 36.9.